The van der Waals surface area contributed by atoms with Gasteiger partial charge >= 0.3 is 0 Å². The van der Waals surface area contributed by atoms with Crippen LogP contribution in [0.2, 0.25) is 0 Å². The molecule has 0 amide bonds. The topological polar surface area (TPSA) is 81.7 Å². The maximum absolute atomic E-state index is 6.42. The molecular formula is C29H39N7OS. The minimum atomic E-state index is 0.157. The van der Waals surface area contributed by atoms with E-state index in [-0.39, 0.29) is 5.92 Å². The molecule has 202 valence electrons. The summed E-state index contributed by atoms with van der Waals surface area (Å²) in [5, 5.41) is 5.45. The summed E-state index contributed by atoms with van der Waals surface area (Å²) in [5.74, 6) is 0.887. The molecule has 3 N–H and O–H groups in total. The number of nitrogen functional groups attached to an aromatic ring is 1. The maximum atomic E-state index is 6.42. The number of aryl methyl sites for hydroxylation is 1. The molecule has 0 saturated heterocycles. The molecule has 4 rings (SSSR count). The van der Waals surface area contributed by atoms with Gasteiger partial charge in [-0.15, -0.1) is 0 Å². The van der Waals surface area contributed by atoms with Gasteiger partial charge in [0.05, 0.1) is 40.5 Å². The number of aliphatic imine (C=N–C) groups is 2. The normalized spacial score (nSPS) is 18.8. The molecule has 9 heteroatoms. The number of anilines is 4. The highest BCUT2D eigenvalue weighted by Gasteiger charge is 2.32. The van der Waals surface area contributed by atoms with Crippen LogP contribution in [-0.4, -0.2) is 78.9 Å². The van der Waals surface area contributed by atoms with E-state index in [4.69, 9.17) is 15.5 Å². The van der Waals surface area contributed by atoms with E-state index in [1.807, 2.05) is 25.3 Å². The van der Waals surface area contributed by atoms with Gasteiger partial charge in [0.25, 0.3) is 0 Å². The van der Waals surface area contributed by atoms with Crippen molar-refractivity contribution in [2.45, 2.75) is 12.8 Å². The first-order chi connectivity index (χ1) is 18.2. The highest BCUT2D eigenvalue weighted by molar-refractivity contribution is 8.07. The number of hydrogen-bond donors (Lipinski definition) is 2. The average molecular weight is 534 g/mol. The molecule has 0 radical (unpaired) electrons. The SMILES string of the molecule is C=N/C(=C1/SC=C/C1=N/CNc1cc(N)c(N(C)CCN(C)C)cc1OC)C1CN(C)c2ccc(C)cc21. The van der Waals surface area contributed by atoms with E-state index in [0.717, 1.165) is 53.1 Å². The Balaban J connectivity index is 1.54. The third-order valence-electron chi connectivity index (χ3n) is 6.97. The molecule has 1 unspecified atom stereocenters. The summed E-state index contributed by atoms with van der Waals surface area (Å²) in [6.45, 7) is 9.10. The highest BCUT2D eigenvalue weighted by Crippen LogP contribution is 2.44. The number of hydrogen-bond acceptors (Lipinski definition) is 9. The van der Waals surface area contributed by atoms with Crippen molar-refractivity contribution in [1.29, 1.82) is 0 Å². The number of nitrogens with two attached hydrogens (primary N) is 1. The van der Waals surface area contributed by atoms with Crippen LogP contribution in [0.25, 0.3) is 0 Å². The van der Waals surface area contributed by atoms with Crippen LogP contribution in [-0.2, 0) is 0 Å². The van der Waals surface area contributed by atoms with Crippen LogP contribution >= 0.6 is 11.8 Å². The number of thioether (sulfide) groups is 1. The molecule has 2 aliphatic rings. The molecule has 0 spiro atoms. The predicted octanol–water partition coefficient (Wildman–Crippen LogP) is 4.80. The molecule has 1 atom stereocenters. The van der Waals surface area contributed by atoms with Gasteiger partial charge in [-0.3, -0.25) is 9.98 Å². The van der Waals surface area contributed by atoms with Crippen molar-refractivity contribution in [2.75, 3.05) is 82.5 Å². The number of benzene rings is 2. The van der Waals surface area contributed by atoms with Gasteiger partial charge in [0.1, 0.15) is 12.4 Å². The predicted molar refractivity (Wildman–Crippen MR) is 166 cm³/mol. The largest absolute Gasteiger partial charge is 0.495 e. The van der Waals surface area contributed by atoms with Crippen molar-refractivity contribution in [1.82, 2.24) is 4.90 Å². The Morgan fingerprint density at radius 3 is 2.74 bits per heavy atom. The van der Waals surface area contributed by atoms with Crippen LogP contribution in [0.4, 0.5) is 22.7 Å². The van der Waals surface area contributed by atoms with Crippen LogP contribution in [0, 0.1) is 6.92 Å². The lowest BCUT2D eigenvalue weighted by molar-refractivity contribution is 0.413. The fourth-order valence-electron chi connectivity index (χ4n) is 4.87. The van der Waals surface area contributed by atoms with Crippen molar-refractivity contribution < 1.29 is 4.74 Å². The summed E-state index contributed by atoms with van der Waals surface area (Å²) < 4.78 is 5.68. The Morgan fingerprint density at radius 2 is 2.03 bits per heavy atom. The van der Waals surface area contributed by atoms with Crippen LogP contribution in [0.1, 0.15) is 17.0 Å². The second-order valence-corrected chi connectivity index (χ2v) is 10.9. The number of likely N-dealkylation sites (N-methyl/N-ethyl adjacent to an activating group) is 3. The molecule has 0 aromatic heterocycles. The van der Waals surface area contributed by atoms with Gasteiger partial charge in [0.15, 0.2) is 0 Å². The van der Waals surface area contributed by atoms with Crippen molar-refractivity contribution in [3.63, 3.8) is 0 Å². The number of allylic oxidation sites excluding steroid dienone is 2. The fourth-order valence-corrected chi connectivity index (χ4v) is 5.78. The molecule has 8 nitrogen and oxygen atoms in total. The summed E-state index contributed by atoms with van der Waals surface area (Å²) in [6, 6.07) is 10.5. The van der Waals surface area contributed by atoms with Gasteiger partial charge in [0.2, 0.25) is 0 Å². The van der Waals surface area contributed by atoms with Gasteiger partial charge in [-0.25, -0.2) is 0 Å². The summed E-state index contributed by atoms with van der Waals surface area (Å²) in [6.07, 6.45) is 2.04. The van der Waals surface area contributed by atoms with Crippen LogP contribution < -0.4 is 25.6 Å². The first-order valence-corrected chi connectivity index (χ1v) is 13.6. The summed E-state index contributed by atoms with van der Waals surface area (Å²) in [5.41, 5.74) is 14.5. The van der Waals surface area contributed by atoms with Crippen molar-refractivity contribution >= 4 is 46.9 Å². The molecule has 38 heavy (non-hydrogen) atoms. The molecule has 2 heterocycles. The van der Waals surface area contributed by atoms with Crippen molar-refractivity contribution in [3.05, 3.63) is 63.5 Å². The Bertz CT molecular complexity index is 1280. The molecule has 0 fully saturated rings. The molecule has 0 aliphatic carbocycles. The summed E-state index contributed by atoms with van der Waals surface area (Å²) in [4.78, 5) is 17.0. The fraction of sp³-hybridized carbons (Fsp3) is 0.379. The number of nitrogens with zero attached hydrogens (tertiary/aromatic N) is 5. The molecule has 0 saturated carbocycles. The smallest absolute Gasteiger partial charge is 0.144 e. The van der Waals surface area contributed by atoms with Crippen LogP contribution in [0.15, 0.2) is 62.4 Å². The average Bonchev–Trinajstić information content (AvgIpc) is 3.47. The highest BCUT2D eigenvalue weighted by atomic mass is 32.2. The Morgan fingerprint density at radius 1 is 1.24 bits per heavy atom. The van der Waals surface area contributed by atoms with Gasteiger partial charge in [-0.2, -0.15) is 0 Å². The van der Waals surface area contributed by atoms with E-state index in [1.54, 1.807) is 18.9 Å². The minimum Gasteiger partial charge on any atom is -0.495 e. The lowest BCUT2D eigenvalue weighted by Crippen LogP contribution is -2.29. The van der Waals surface area contributed by atoms with Crippen LogP contribution in [0.5, 0.6) is 5.75 Å². The standard InChI is InChI=1S/C29H39N7OS/c1-19-8-9-25-20(14-19)21(17-36(25)6)28(31-2)29-23(10-13-38-29)32-18-33-24-15-22(30)26(16-27(24)37-7)35(5)12-11-34(3)4/h8-10,13-16,21,33H,2,11-12,17-18,30H2,1,3-7H3/b29-28+,32-23-. The van der Waals surface area contributed by atoms with E-state index in [0.29, 0.717) is 12.4 Å². The monoisotopic (exact) mass is 533 g/mol. The number of fused-ring (bicyclic) bond motifs is 1. The van der Waals surface area contributed by atoms with Gasteiger partial charge in [-0.05, 0) is 56.9 Å². The Kier molecular flexibility index (Phi) is 8.69. The second-order valence-electron chi connectivity index (χ2n) is 10.0. The van der Waals surface area contributed by atoms with Crippen LogP contribution in [0.3, 0.4) is 0 Å². The Labute approximate surface area is 230 Å². The summed E-state index contributed by atoms with van der Waals surface area (Å²) >= 11 is 1.65. The van der Waals surface area contributed by atoms with E-state index < -0.39 is 0 Å². The molecule has 2 aliphatic heterocycles. The molecule has 2 aromatic rings. The van der Waals surface area contributed by atoms with E-state index >= 15 is 0 Å². The zero-order valence-corrected chi connectivity index (χ0v) is 24.1. The zero-order chi connectivity index (χ0) is 27.4. The Hall–Kier alpha value is -3.43. The quantitative estimate of drug-likeness (QED) is 0.335. The first kappa shape index (κ1) is 27.6. The van der Waals surface area contributed by atoms with Gasteiger partial charge in [0, 0.05) is 51.4 Å². The lowest BCUT2D eigenvalue weighted by Gasteiger charge is -2.24. The van der Waals surface area contributed by atoms with Gasteiger partial charge in [-0.1, -0.05) is 29.5 Å². The van der Waals surface area contributed by atoms with E-state index in [2.05, 4.69) is 83.4 Å². The number of ether oxygens (including phenoxy) is 1. The van der Waals surface area contributed by atoms with E-state index in [9.17, 15) is 0 Å². The third-order valence-corrected chi connectivity index (χ3v) is 7.89. The molecule has 0 bridgehead atoms. The van der Waals surface area contributed by atoms with E-state index in [1.165, 1.54) is 16.8 Å². The van der Waals surface area contributed by atoms with Crippen molar-refractivity contribution in [3.8, 4) is 5.75 Å². The first-order valence-electron chi connectivity index (χ1n) is 12.7. The van der Waals surface area contributed by atoms with Crippen molar-refractivity contribution in [2.24, 2.45) is 9.98 Å². The lowest BCUT2D eigenvalue weighted by atomic mass is 9.95. The van der Waals surface area contributed by atoms with Gasteiger partial charge < -0.3 is 30.5 Å². The second kappa shape index (κ2) is 12.0. The third kappa shape index (κ3) is 5.84. The minimum absolute atomic E-state index is 0.157. The zero-order valence-electron chi connectivity index (χ0n) is 23.3. The number of nitrogens with one attached hydrogen (secondary N) is 1. The maximum Gasteiger partial charge on any atom is 0.144 e. The summed E-state index contributed by atoms with van der Waals surface area (Å²) in [7, 11) is 9.96. The molecular weight excluding hydrogens is 494 g/mol. The number of methoxy groups -OCH3 is 1. The number of rotatable bonds is 10. The molecule has 2 aromatic carbocycles.